The van der Waals surface area contributed by atoms with Crippen LogP contribution in [0.1, 0.15) is 30.9 Å². The van der Waals surface area contributed by atoms with Crippen molar-refractivity contribution in [1.82, 2.24) is 4.90 Å². The van der Waals surface area contributed by atoms with Crippen LogP contribution in [0.15, 0.2) is 24.3 Å². The van der Waals surface area contributed by atoms with Crippen molar-refractivity contribution in [3.63, 3.8) is 0 Å². The predicted molar refractivity (Wildman–Crippen MR) is 69.9 cm³/mol. The molecule has 6 heteroatoms. The summed E-state index contributed by atoms with van der Waals surface area (Å²) in [6.07, 6.45) is 3.54. The summed E-state index contributed by atoms with van der Waals surface area (Å²) in [5.41, 5.74) is 1.12. The number of hydrogen-bond donors (Lipinski definition) is 0. The quantitative estimate of drug-likeness (QED) is 0.612. The van der Waals surface area contributed by atoms with Crippen molar-refractivity contribution in [3.05, 3.63) is 39.9 Å². The number of non-ortho nitro benzene ring substituents is 1. The van der Waals surface area contributed by atoms with Crippen molar-refractivity contribution in [2.45, 2.75) is 43.9 Å². The van der Waals surface area contributed by atoms with Gasteiger partial charge in [0.1, 0.15) is 18.6 Å². The van der Waals surface area contributed by atoms with Crippen LogP contribution in [0.5, 0.6) is 0 Å². The Kier molecular flexibility index (Phi) is 2.76. The summed E-state index contributed by atoms with van der Waals surface area (Å²) in [4.78, 5) is 12.7. The van der Waals surface area contributed by atoms with Crippen molar-refractivity contribution in [2.75, 3.05) is 6.61 Å². The minimum atomic E-state index is -0.378. The van der Waals surface area contributed by atoms with E-state index in [0.717, 1.165) is 24.8 Å². The highest BCUT2D eigenvalue weighted by atomic mass is 16.6. The maximum absolute atomic E-state index is 10.7. The molecule has 4 rings (SSSR count). The minimum Gasteiger partial charge on any atom is -0.361 e. The van der Waals surface area contributed by atoms with Crippen LogP contribution in [0.2, 0.25) is 0 Å². The minimum absolute atomic E-state index is 0.0381. The third kappa shape index (κ3) is 1.76. The largest absolute Gasteiger partial charge is 0.361 e. The molecule has 3 fully saturated rings. The smallest absolute Gasteiger partial charge is 0.269 e. The van der Waals surface area contributed by atoms with E-state index in [-0.39, 0.29) is 35.2 Å². The Hall–Kier alpha value is -1.50. The molecule has 0 amide bonds. The Labute approximate surface area is 116 Å². The highest BCUT2D eigenvalue weighted by Crippen LogP contribution is 2.45. The van der Waals surface area contributed by atoms with E-state index in [2.05, 4.69) is 4.90 Å². The molecule has 0 spiro atoms. The van der Waals surface area contributed by atoms with Crippen LogP contribution >= 0.6 is 0 Å². The zero-order valence-corrected chi connectivity index (χ0v) is 11.0. The van der Waals surface area contributed by atoms with Gasteiger partial charge < -0.3 is 9.47 Å². The van der Waals surface area contributed by atoms with E-state index in [1.54, 1.807) is 24.3 Å². The first-order chi connectivity index (χ1) is 9.74. The Balaban J connectivity index is 1.61. The second-order valence-electron chi connectivity index (χ2n) is 5.59. The lowest BCUT2D eigenvalue weighted by Crippen LogP contribution is -2.42. The van der Waals surface area contributed by atoms with Crippen LogP contribution < -0.4 is 0 Å². The number of rotatable bonds is 2. The first kappa shape index (κ1) is 12.3. The fourth-order valence-corrected chi connectivity index (χ4v) is 3.57. The topological polar surface area (TPSA) is 64.8 Å². The lowest BCUT2D eigenvalue weighted by Gasteiger charge is -2.31. The monoisotopic (exact) mass is 276 g/mol. The first-order valence-corrected chi connectivity index (χ1v) is 7.03. The van der Waals surface area contributed by atoms with Gasteiger partial charge in [-0.25, -0.2) is 4.90 Å². The van der Waals surface area contributed by atoms with E-state index in [1.807, 2.05) is 0 Å². The third-order valence-corrected chi connectivity index (χ3v) is 4.50. The van der Waals surface area contributed by atoms with Crippen LogP contribution in [-0.4, -0.2) is 34.9 Å². The molecular weight excluding hydrogens is 260 g/mol. The van der Waals surface area contributed by atoms with Crippen LogP contribution in [-0.2, 0) is 9.47 Å². The number of nitro benzene ring substituents is 1. The summed E-state index contributed by atoms with van der Waals surface area (Å²) >= 11 is 0. The summed E-state index contributed by atoms with van der Waals surface area (Å²) in [5.74, 6) is 0. The zero-order chi connectivity index (χ0) is 13.7. The molecule has 3 heterocycles. The molecule has 1 aromatic rings. The summed E-state index contributed by atoms with van der Waals surface area (Å²) in [7, 11) is 0. The Bertz CT molecular complexity index is 532. The van der Waals surface area contributed by atoms with E-state index in [9.17, 15) is 10.1 Å². The third-order valence-electron chi connectivity index (χ3n) is 4.50. The van der Waals surface area contributed by atoms with Crippen LogP contribution in [0.4, 0.5) is 5.69 Å². The van der Waals surface area contributed by atoms with Gasteiger partial charge in [0.25, 0.3) is 5.69 Å². The number of hydrogen-bond acceptors (Lipinski definition) is 5. The number of nitro groups is 1. The van der Waals surface area contributed by atoms with Crippen molar-refractivity contribution in [1.29, 1.82) is 0 Å². The van der Waals surface area contributed by atoms with Gasteiger partial charge in [-0.05, 0) is 37.0 Å². The lowest BCUT2D eigenvalue weighted by atomic mass is 10.0. The molecule has 3 aliphatic rings. The Morgan fingerprint density at radius 3 is 2.70 bits per heavy atom. The molecule has 0 radical (unpaired) electrons. The molecule has 0 saturated carbocycles. The first-order valence-electron chi connectivity index (χ1n) is 7.03. The maximum Gasteiger partial charge on any atom is 0.269 e. The van der Waals surface area contributed by atoms with Crippen LogP contribution in [0.25, 0.3) is 0 Å². The highest BCUT2D eigenvalue weighted by molar-refractivity contribution is 5.34. The van der Waals surface area contributed by atoms with E-state index in [4.69, 9.17) is 9.47 Å². The molecule has 0 aliphatic carbocycles. The van der Waals surface area contributed by atoms with Crippen molar-refractivity contribution < 1.29 is 14.4 Å². The van der Waals surface area contributed by atoms with E-state index in [0.29, 0.717) is 6.61 Å². The normalized spacial score (nSPS) is 36.0. The van der Waals surface area contributed by atoms with Crippen molar-refractivity contribution in [3.8, 4) is 0 Å². The summed E-state index contributed by atoms with van der Waals surface area (Å²) in [6, 6.07) is 6.93. The average molecular weight is 276 g/mol. The lowest BCUT2D eigenvalue weighted by molar-refractivity contribution is -0.384. The van der Waals surface area contributed by atoms with E-state index in [1.165, 1.54) is 0 Å². The molecular formula is C14H16N2O4. The number of piperidine rings is 1. The molecule has 0 bridgehead atoms. The Morgan fingerprint density at radius 1 is 1.20 bits per heavy atom. The van der Waals surface area contributed by atoms with Gasteiger partial charge in [-0.15, -0.1) is 0 Å². The summed E-state index contributed by atoms with van der Waals surface area (Å²) in [6.45, 7) is 0.683. The van der Waals surface area contributed by atoms with Gasteiger partial charge in [0, 0.05) is 12.1 Å². The van der Waals surface area contributed by atoms with Gasteiger partial charge in [0.2, 0.25) is 0 Å². The fourth-order valence-electron chi connectivity index (χ4n) is 3.57. The molecule has 4 atom stereocenters. The standard InChI is InChI=1S/C14H16N2O4/c17-16(18)10-6-4-9(5-7-10)14-11-8-19-12-2-1-3-13(20-14)15(11)12/h4-7,11-14H,1-3,8H2/t11-,12+,13-,14-/m0/s1. The van der Waals surface area contributed by atoms with Crippen LogP contribution in [0, 0.1) is 10.1 Å². The number of benzene rings is 1. The predicted octanol–water partition coefficient (Wildman–Crippen LogP) is 2.20. The van der Waals surface area contributed by atoms with Crippen molar-refractivity contribution in [2.24, 2.45) is 0 Å². The average Bonchev–Trinajstić information content (AvgIpc) is 3.05. The molecule has 3 aliphatic heterocycles. The van der Waals surface area contributed by atoms with E-state index >= 15 is 0 Å². The summed E-state index contributed by atoms with van der Waals surface area (Å²) in [5, 5.41) is 10.7. The van der Waals surface area contributed by atoms with Crippen molar-refractivity contribution >= 4 is 5.69 Å². The SMILES string of the molecule is O=[N+]([O-])c1ccc([C@@H]2O[C@H]3CCC[C@H]4OC[C@@H]2N34)cc1. The number of nitrogens with zero attached hydrogens (tertiary/aromatic N) is 2. The molecule has 106 valence electrons. The number of ether oxygens (including phenoxy) is 2. The highest BCUT2D eigenvalue weighted by Gasteiger charge is 2.52. The van der Waals surface area contributed by atoms with Crippen LogP contribution in [0.3, 0.4) is 0 Å². The molecule has 0 N–H and O–H groups in total. The second kappa shape index (κ2) is 4.51. The fraction of sp³-hybridized carbons (Fsp3) is 0.571. The molecule has 0 aromatic heterocycles. The molecule has 20 heavy (non-hydrogen) atoms. The molecule has 0 unspecified atom stereocenters. The van der Waals surface area contributed by atoms with E-state index < -0.39 is 0 Å². The second-order valence-corrected chi connectivity index (χ2v) is 5.59. The van der Waals surface area contributed by atoms with Gasteiger partial charge in [0.15, 0.2) is 0 Å². The van der Waals surface area contributed by atoms with Gasteiger partial charge in [-0.3, -0.25) is 10.1 Å². The van der Waals surface area contributed by atoms with Gasteiger partial charge in [0.05, 0.1) is 17.6 Å². The van der Waals surface area contributed by atoms with Gasteiger partial charge in [-0.1, -0.05) is 0 Å². The molecule has 1 aromatic carbocycles. The van der Waals surface area contributed by atoms with Gasteiger partial charge >= 0.3 is 0 Å². The molecule has 6 nitrogen and oxygen atoms in total. The maximum atomic E-state index is 10.7. The van der Waals surface area contributed by atoms with Gasteiger partial charge in [-0.2, -0.15) is 0 Å². The Morgan fingerprint density at radius 2 is 1.95 bits per heavy atom. The molecule has 3 saturated heterocycles. The summed E-state index contributed by atoms with van der Waals surface area (Å²) < 4.78 is 12.0. The zero-order valence-electron chi connectivity index (χ0n) is 11.0.